The van der Waals surface area contributed by atoms with Gasteiger partial charge in [0.05, 0.1) is 6.04 Å². The summed E-state index contributed by atoms with van der Waals surface area (Å²) in [7, 11) is 4.16. The highest BCUT2D eigenvalue weighted by Crippen LogP contribution is 2.24. The Morgan fingerprint density at radius 2 is 1.06 bits per heavy atom. The molecule has 2 aromatic rings. The summed E-state index contributed by atoms with van der Waals surface area (Å²) in [6.07, 6.45) is 0. The predicted octanol–water partition coefficient (Wildman–Crippen LogP) is 3.18. The first-order valence-electron chi connectivity index (χ1n) is 5.44. The molecule has 0 aliphatic rings. The molecule has 0 saturated heterocycles. The van der Waals surface area contributed by atoms with Crippen LogP contribution in [0.3, 0.4) is 0 Å². The Morgan fingerprint density at radius 3 is 1.38 bits per heavy atom. The van der Waals surface area contributed by atoms with Gasteiger partial charge in [0.15, 0.2) is 0 Å². The predicted molar refractivity (Wildman–Crippen MR) is 68.0 cm³/mol. The van der Waals surface area contributed by atoms with Gasteiger partial charge in [-0.15, -0.1) is 0 Å². The smallest absolute Gasteiger partial charge is 0.0982 e. The number of hydrogen-bond donors (Lipinski definition) is 0. The van der Waals surface area contributed by atoms with Gasteiger partial charge in [-0.25, -0.2) is 0 Å². The molecule has 0 atom stereocenters. The molecule has 2 rings (SSSR count). The standard InChI is InChI=1S/C15H16N/c1-16(2)15(13-9-5-3-6-10-13)14-11-7-4-8-12-14/h3-12H,1-2H3. The molecular formula is C15H16N. The monoisotopic (exact) mass is 210 g/mol. The van der Waals surface area contributed by atoms with Crippen molar-refractivity contribution in [3.8, 4) is 0 Å². The molecular weight excluding hydrogens is 194 g/mol. The molecule has 0 spiro atoms. The van der Waals surface area contributed by atoms with Crippen LogP contribution in [0.5, 0.6) is 0 Å². The van der Waals surface area contributed by atoms with E-state index in [1.807, 2.05) is 12.1 Å². The van der Waals surface area contributed by atoms with Crippen molar-refractivity contribution >= 4 is 0 Å². The molecule has 1 heteroatoms. The first-order valence-corrected chi connectivity index (χ1v) is 5.44. The van der Waals surface area contributed by atoms with Crippen molar-refractivity contribution in [2.75, 3.05) is 14.1 Å². The van der Waals surface area contributed by atoms with Crippen molar-refractivity contribution in [3.63, 3.8) is 0 Å². The van der Waals surface area contributed by atoms with Gasteiger partial charge in [0.2, 0.25) is 0 Å². The molecule has 0 amide bonds. The molecule has 1 nitrogen and oxygen atoms in total. The fraction of sp³-hybridized carbons (Fsp3) is 0.133. The van der Waals surface area contributed by atoms with Gasteiger partial charge in [0, 0.05) is 0 Å². The lowest BCUT2D eigenvalue weighted by molar-refractivity contribution is 0.464. The summed E-state index contributed by atoms with van der Waals surface area (Å²) >= 11 is 0. The van der Waals surface area contributed by atoms with E-state index in [0.717, 1.165) is 0 Å². The Bertz CT molecular complexity index is 380. The maximum Gasteiger partial charge on any atom is 0.0982 e. The van der Waals surface area contributed by atoms with Crippen LogP contribution >= 0.6 is 0 Å². The lowest BCUT2D eigenvalue weighted by Gasteiger charge is -2.23. The number of hydrogen-bond acceptors (Lipinski definition) is 1. The minimum absolute atomic E-state index is 1.25. The summed E-state index contributed by atoms with van der Waals surface area (Å²) in [6, 6.07) is 22.2. The highest BCUT2D eigenvalue weighted by Gasteiger charge is 2.16. The zero-order valence-electron chi connectivity index (χ0n) is 9.72. The minimum atomic E-state index is 1.25. The molecule has 0 fully saturated rings. The van der Waals surface area contributed by atoms with Crippen LogP contribution in [0.2, 0.25) is 0 Å². The third kappa shape index (κ3) is 2.31. The molecule has 0 N–H and O–H groups in total. The normalized spacial score (nSPS) is 11.0. The van der Waals surface area contributed by atoms with E-state index < -0.39 is 0 Å². The Hall–Kier alpha value is -1.60. The third-order valence-corrected chi connectivity index (χ3v) is 2.54. The van der Waals surface area contributed by atoms with Crippen molar-refractivity contribution in [3.05, 3.63) is 77.8 Å². The van der Waals surface area contributed by atoms with E-state index in [1.165, 1.54) is 17.2 Å². The maximum atomic E-state index is 2.16. The average molecular weight is 210 g/mol. The molecule has 16 heavy (non-hydrogen) atoms. The summed E-state index contributed by atoms with van der Waals surface area (Å²) in [5.41, 5.74) is 2.50. The van der Waals surface area contributed by atoms with Crippen molar-refractivity contribution in [1.82, 2.24) is 4.90 Å². The van der Waals surface area contributed by atoms with E-state index in [1.54, 1.807) is 0 Å². The van der Waals surface area contributed by atoms with Crippen LogP contribution in [0.15, 0.2) is 60.7 Å². The summed E-state index contributed by atoms with van der Waals surface area (Å²) < 4.78 is 0. The largest absolute Gasteiger partial charge is 0.294 e. The van der Waals surface area contributed by atoms with Gasteiger partial charge in [0.25, 0.3) is 0 Å². The molecule has 2 aromatic carbocycles. The molecule has 0 heterocycles. The van der Waals surface area contributed by atoms with Gasteiger partial charge in [-0.1, -0.05) is 60.7 Å². The molecule has 0 bridgehead atoms. The van der Waals surface area contributed by atoms with Crippen LogP contribution in [0.1, 0.15) is 11.1 Å². The second-order valence-corrected chi connectivity index (χ2v) is 3.98. The molecule has 81 valence electrons. The molecule has 1 radical (unpaired) electrons. The van der Waals surface area contributed by atoms with Crippen molar-refractivity contribution in [1.29, 1.82) is 0 Å². The minimum Gasteiger partial charge on any atom is -0.294 e. The van der Waals surface area contributed by atoms with E-state index in [0.29, 0.717) is 0 Å². The first-order chi connectivity index (χ1) is 7.79. The van der Waals surface area contributed by atoms with Crippen molar-refractivity contribution < 1.29 is 0 Å². The second-order valence-electron chi connectivity index (χ2n) is 3.98. The Labute approximate surface area is 97.3 Å². The van der Waals surface area contributed by atoms with Crippen LogP contribution in [-0.2, 0) is 0 Å². The van der Waals surface area contributed by atoms with Gasteiger partial charge < -0.3 is 0 Å². The van der Waals surface area contributed by atoms with Gasteiger partial charge in [-0.05, 0) is 25.2 Å². The van der Waals surface area contributed by atoms with Crippen LogP contribution in [-0.4, -0.2) is 19.0 Å². The van der Waals surface area contributed by atoms with Crippen LogP contribution in [0, 0.1) is 6.04 Å². The number of benzene rings is 2. The van der Waals surface area contributed by atoms with E-state index in [4.69, 9.17) is 0 Å². The third-order valence-electron chi connectivity index (χ3n) is 2.54. The topological polar surface area (TPSA) is 3.24 Å². The summed E-state index contributed by atoms with van der Waals surface area (Å²) in [6.45, 7) is 0. The van der Waals surface area contributed by atoms with Crippen molar-refractivity contribution in [2.24, 2.45) is 0 Å². The van der Waals surface area contributed by atoms with E-state index >= 15 is 0 Å². The Kier molecular flexibility index (Phi) is 3.37. The van der Waals surface area contributed by atoms with E-state index in [-0.39, 0.29) is 0 Å². The van der Waals surface area contributed by atoms with Crippen LogP contribution in [0.25, 0.3) is 0 Å². The summed E-state index contributed by atoms with van der Waals surface area (Å²) in [5.74, 6) is 0. The van der Waals surface area contributed by atoms with E-state index in [2.05, 4.69) is 67.5 Å². The lowest BCUT2D eigenvalue weighted by Crippen LogP contribution is -2.21. The van der Waals surface area contributed by atoms with Gasteiger partial charge in [0.1, 0.15) is 0 Å². The van der Waals surface area contributed by atoms with Crippen molar-refractivity contribution in [2.45, 2.75) is 0 Å². The highest BCUT2D eigenvalue weighted by molar-refractivity contribution is 5.44. The quantitative estimate of drug-likeness (QED) is 0.752. The molecule has 0 aliphatic heterocycles. The van der Waals surface area contributed by atoms with Gasteiger partial charge in [-0.3, -0.25) is 4.90 Å². The molecule has 0 saturated carbocycles. The van der Waals surface area contributed by atoms with Crippen LogP contribution in [0.4, 0.5) is 0 Å². The SMILES string of the molecule is CN(C)[C](c1ccccc1)c1ccccc1. The fourth-order valence-electron chi connectivity index (χ4n) is 1.88. The van der Waals surface area contributed by atoms with Gasteiger partial charge >= 0.3 is 0 Å². The first kappa shape index (κ1) is 10.9. The summed E-state index contributed by atoms with van der Waals surface area (Å²) in [5, 5.41) is 0. The maximum absolute atomic E-state index is 2.16. The summed E-state index contributed by atoms with van der Waals surface area (Å²) in [4.78, 5) is 2.16. The fourth-order valence-corrected chi connectivity index (χ4v) is 1.88. The Morgan fingerprint density at radius 1 is 0.688 bits per heavy atom. The highest BCUT2D eigenvalue weighted by atomic mass is 15.1. The zero-order chi connectivity index (χ0) is 11.4. The van der Waals surface area contributed by atoms with Gasteiger partial charge in [-0.2, -0.15) is 0 Å². The lowest BCUT2D eigenvalue weighted by atomic mass is 9.98. The number of rotatable bonds is 3. The van der Waals surface area contributed by atoms with E-state index in [9.17, 15) is 0 Å². The molecule has 0 unspecified atom stereocenters. The molecule has 0 aromatic heterocycles. The Balaban J connectivity index is 2.40. The number of nitrogens with zero attached hydrogens (tertiary/aromatic N) is 1. The van der Waals surface area contributed by atoms with Crippen LogP contribution < -0.4 is 0 Å². The molecule has 0 aliphatic carbocycles. The zero-order valence-corrected chi connectivity index (χ0v) is 9.72. The average Bonchev–Trinajstić information content (AvgIpc) is 2.31. The second kappa shape index (κ2) is 4.95.